The number of hydrogen-bond donors (Lipinski definition) is 1. The molecule has 3 saturated carbocycles. The molecule has 2 nitrogen and oxygen atoms in total. The number of piperazine rings is 1. The zero-order chi connectivity index (χ0) is 10.6. The van der Waals surface area contributed by atoms with Crippen LogP contribution in [0.25, 0.3) is 0 Å². The Morgan fingerprint density at radius 2 is 1.94 bits per heavy atom. The van der Waals surface area contributed by atoms with Gasteiger partial charge in [0.1, 0.15) is 0 Å². The predicted molar refractivity (Wildman–Crippen MR) is 65.3 cm³/mol. The van der Waals surface area contributed by atoms with E-state index in [9.17, 15) is 0 Å². The Hall–Kier alpha value is -0.0800. The molecule has 0 aromatic carbocycles. The lowest BCUT2D eigenvalue weighted by Gasteiger charge is -2.36. The molecule has 4 fully saturated rings. The van der Waals surface area contributed by atoms with Crippen molar-refractivity contribution in [3.63, 3.8) is 0 Å². The molecule has 1 unspecified atom stereocenters. The second-order valence-corrected chi connectivity index (χ2v) is 6.77. The van der Waals surface area contributed by atoms with E-state index >= 15 is 0 Å². The Morgan fingerprint density at radius 1 is 1.12 bits per heavy atom. The van der Waals surface area contributed by atoms with Crippen molar-refractivity contribution in [1.82, 2.24) is 10.2 Å². The van der Waals surface area contributed by atoms with Crippen LogP contribution in [0, 0.1) is 17.3 Å². The smallest absolute Gasteiger partial charge is 0.0223 e. The third-order valence-electron chi connectivity index (χ3n) is 5.35. The van der Waals surface area contributed by atoms with Crippen molar-refractivity contribution in [2.45, 2.75) is 44.6 Å². The first kappa shape index (κ1) is 9.90. The average Bonchev–Trinajstić information content (AvgIpc) is 3.14. The number of hydrogen-bond acceptors (Lipinski definition) is 2. The second-order valence-electron chi connectivity index (χ2n) is 6.77. The largest absolute Gasteiger partial charge is 0.311 e. The van der Waals surface area contributed by atoms with Crippen molar-refractivity contribution >= 4 is 0 Å². The minimum Gasteiger partial charge on any atom is -0.311 e. The molecule has 3 aliphatic carbocycles. The van der Waals surface area contributed by atoms with Gasteiger partial charge in [0, 0.05) is 32.2 Å². The van der Waals surface area contributed by atoms with Gasteiger partial charge in [-0.15, -0.1) is 0 Å². The van der Waals surface area contributed by atoms with Crippen LogP contribution in [0.15, 0.2) is 0 Å². The van der Waals surface area contributed by atoms with E-state index in [1.807, 2.05) is 0 Å². The fraction of sp³-hybridized carbons (Fsp3) is 1.00. The summed E-state index contributed by atoms with van der Waals surface area (Å²) >= 11 is 0. The van der Waals surface area contributed by atoms with Gasteiger partial charge in [-0.1, -0.05) is 0 Å². The maximum absolute atomic E-state index is 3.72. The van der Waals surface area contributed by atoms with E-state index in [1.54, 1.807) is 0 Å². The highest BCUT2D eigenvalue weighted by molar-refractivity contribution is 5.06. The van der Waals surface area contributed by atoms with E-state index in [-0.39, 0.29) is 0 Å². The zero-order valence-electron chi connectivity index (χ0n) is 10.3. The van der Waals surface area contributed by atoms with Gasteiger partial charge >= 0.3 is 0 Å². The van der Waals surface area contributed by atoms with Crippen LogP contribution in [0.1, 0.15) is 38.5 Å². The van der Waals surface area contributed by atoms with Crippen molar-refractivity contribution in [3.05, 3.63) is 0 Å². The van der Waals surface area contributed by atoms with E-state index in [2.05, 4.69) is 10.2 Å². The first-order chi connectivity index (χ1) is 7.86. The summed E-state index contributed by atoms with van der Waals surface area (Å²) < 4.78 is 0. The van der Waals surface area contributed by atoms with Crippen LogP contribution >= 0.6 is 0 Å². The lowest BCUT2D eigenvalue weighted by molar-refractivity contribution is 0.148. The van der Waals surface area contributed by atoms with Crippen LogP contribution in [0.5, 0.6) is 0 Å². The minimum absolute atomic E-state index is 0.811. The summed E-state index contributed by atoms with van der Waals surface area (Å²) in [6.07, 6.45) is 9.13. The topological polar surface area (TPSA) is 15.3 Å². The molecule has 2 heteroatoms. The first-order valence-electron chi connectivity index (χ1n) is 7.31. The van der Waals surface area contributed by atoms with E-state index in [0.29, 0.717) is 0 Å². The zero-order valence-corrected chi connectivity index (χ0v) is 10.3. The van der Waals surface area contributed by atoms with E-state index in [0.717, 1.165) is 23.3 Å². The first-order valence-corrected chi connectivity index (χ1v) is 7.31. The molecule has 0 spiro atoms. The Kier molecular flexibility index (Phi) is 2.14. The molecule has 1 saturated heterocycles. The molecule has 0 aromatic rings. The molecular weight excluding hydrogens is 196 g/mol. The number of nitrogens with zero attached hydrogens (tertiary/aromatic N) is 1. The van der Waals surface area contributed by atoms with Crippen LogP contribution in [0.2, 0.25) is 0 Å². The maximum Gasteiger partial charge on any atom is 0.0223 e. The van der Waals surface area contributed by atoms with Crippen LogP contribution in [0.4, 0.5) is 0 Å². The van der Waals surface area contributed by atoms with Crippen molar-refractivity contribution in [1.29, 1.82) is 0 Å². The summed E-state index contributed by atoms with van der Waals surface area (Å²) in [5.41, 5.74) is 0.811. The lowest BCUT2D eigenvalue weighted by atomic mass is 9.98. The second kappa shape index (κ2) is 3.46. The SMILES string of the molecule is C1CN(CC2(C3CC3)CC2)CC(C2CC2)N1. The summed E-state index contributed by atoms with van der Waals surface area (Å²) in [4.78, 5) is 2.78. The number of nitrogens with one attached hydrogen (secondary N) is 1. The molecule has 0 aromatic heterocycles. The van der Waals surface area contributed by atoms with Crippen molar-refractivity contribution in [3.8, 4) is 0 Å². The third kappa shape index (κ3) is 1.80. The molecule has 0 radical (unpaired) electrons. The molecule has 1 atom stereocenters. The van der Waals surface area contributed by atoms with E-state index in [1.165, 1.54) is 64.7 Å². The van der Waals surface area contributed by atoms with Gasteiger partial charge in [0.15, 0.2) is 0 Å². The van der Waals surface area contributed by atoms with Gasteiger partial charge in [-0.3, -0.25) is 4.90 Å². The summed E-state index contributed by atoms with van der Waals surface area (Å²) in [5, 5.41) is 3.72. The van der Waals surface area contributed by atoms with Crippen molar-refractivity contribution < 1.29 is 0 Å². The molecule has 1 aliphatic heterocycles. The molecule has 1 N–H and O–H groups in total. The monoisotopic (exact) mass is 220 g/mol. The average molecular weight is 220 g/mol. The lowest BCUT2D eigenvalue weighted by Crippen LogP contribution is -2.53. The van der Waals surface area contributed by atoms with Crippen LogP contribution in [-0.4, -0.2) is 37.1 Å². The van der Waals surface area contributed by atoms with Crippen molar-refractivity contribution in [2.24, 2.45) is 17.3 Å². The fourth-order valence-electron chi connectivity index (χ4n) is 3.80. The summed E-state index contributed by atoms with van der Waals surface area (Å²) in [6.45, 7) is 5.32. The summed E-state index contributed by atoms with van der Waals surface area (Å²) in [5.74, 6) is 2.15. The Morgan fingerprint density at radius 3 is 2.56 bits per heavy atom. The fourth-order valence-corrected chi connectivity index (χ4v) is 3.80. The molecule has 90 valence electrons. The Labute approximate surface area is 98.8 Å². The van der Waals surface area contributed by atoms with Crippen LogP contribution in [-0.2, 0) is 0 Å². The highest BCUT2D eigenvalue weighted by atomic mass is 15.2. The minimum atomic E-state index is 0.811. The van der Waals surface area contributed by atoms with E-state index < -0.39 is 0 Å². The Bertz CT molecular complexity index is 276. The van der Waals surface area contributed by atoms with Gasteiger partial charge in [0.2, 0.25) is 0 Å². The Balaban J connectivity index is 1.36. The molecule has 0 bridgehead atoms. The highest BCUT2D eigenvalue weighted by Gasteiger charge is 2.54. The van der Waals surface area contributed by atoms with Gasteiger partial charge in [0.25, 0.3) is 0 Å². The standard InChI is InChI=1S/C14H24N2/c1-2-11(1)13-9-16(8-7-15-13)10-14(5-6-14)12-3-4-12/h11-13,15H,1-10H2. The summed E-state index contributed by atoms with van der Waals surface area (Å²) in [7, 11) is 0. The quantitative estimate of drug-likeness (QED) is 0.778. The van der Waals surface area contributed by atoms with Gasteiger partial charge in [-0.05, 0) is 55.8 Å². The van der Waals surface area contributed by atoms with Crippen LogP contribution in [0.3, 0.4) is 0 Å². The van der Waals surface area contributed by atoms with E-state index in [4.69, 9.17) is 0 Å². The molecule has 4 aliphatic rings. The predicted octanol–water partition coefficient (Wildman–Crippen LogP) is 1.86. The highest BCUT2D eigenvalue weighted by Crippen LogP contribution is 2.61. The normalized spacial score (nSPS) is 38.6. The molecule has 0 amide bonds. The van der Waals surface area contributed by atoms with Gasteiger partial charge in [-0.25, -0.2) is 0 Å². The van der Waals surface area contributed by atoms with Gasteiger partial charge in [0.05, 0.1) is 0 Å². The molecule has 4 rings (SSSR count). The van der Waals surface area contributed by atoms with Crippen molar-refractivity contribution in [2.75, 3.05) is 26.2 Å². The van der Waals surface area contributed by atoms with Gasteiger partial charge < -0.3 is 5.32 Å². The number of rotatable bonds is 4. The molecular formula is C14H24N2. The third-order valence-corrected chi connectivity index (χ3v) is 5.35. The van der Waals surface area contributed by atoms with Gasteiger partial charge in [-0.2, -0.15) is 0 Å². The molecule has 16 heavy (non-hydrogen) atoms. The molecule has 1 heterocycles. The summed E-state index contributed by atoms with van der Waals surface area (Å²) in [6, 6.07) is 0.837. The maximum atomic E-state index is 3.72. The van der Waals surface area contributed by atoms with Crippen LogP contribution < -0.4 is 5.32 Å².